The molecule has 0 unspecified atom stereocenters. The molecule has 5 nitrogen and oxygen atoms in total. The number of thioether (sulfide) groups is 1. The maximum Gasteiger partial charge on any atom is 0.256 e. The van der Waals surface area contributed by atoms with Gasteiger partial charge in [-0.05, 0) is 48.0 Å². The van der Waals surface area contributed by atoms with E-state index in [2.05, 4.69) is 20.5 Å². The first-order valence-electron chi connectivity index (χ1n) is 8.15. The number of anilines is 1. The second kappa shape index (κ2) is 7.41. The largest absolute Gasteiger partial charge is 0.322 e. The lowest BCUT2D eigenvalue weighted by Crippen LogP contribution is -2.12. The van der Waals surface area contributed by atoms with Crippen molar-refractivity contribution in [1.82, 2.24) is 15.2 Å². The van der Waals surface area contributed by atoms with E-state index in [1.54, 1.807) is 30.4 Å². The van der Waals surface area contributed by atoms with E-state index in [9.17, 15) is 4.79 Å². The number of amides is 1. The summed E-state index contributed by atoms with van der Waals surface area (Å²) in [4.78, 5) is 17.7. The number of carbonyl (C=O) groups is 1. The summed E-state index contributed by atoms with van der Waals surface area (Å²) in [5, 5.41) is 10.8. The van der Waals surface area contributed by atoms with Gasteiger partial charge in [-0.15, -0.1) is 11.8 Å². The average Bonchev–Trinajstić information content (AvgIpc) is 3.15. The molecule has 2 aromatic carbocycles. The molecule has 4 aromatic rings. The first-order valence-corrected chi connectivity index (χ1v) is 9.13. The summed E-state index contributed by atoms with van der Waals surface area (Å²) < 4.78 is 0. The lowest BCUT2D eigenvalue weighted by Gasteiger charge is -2.10. The number of benzene rings is 2. The van der Waals surface area contributed by atoms with Crippen molar-refractivity contribution in [3.05, 3.63) is 84.3 Å². The van der Waals surface area contributed by atoms with Crippen molar-refractivity contribution < 1.29 is 4.79 Å². The fraction of sp³-hybridized carbons (Fsp3) is 0.0500. The number of aromatic nitrogens is 3. The topological polar surface area (TPSA) is 70.7 Å². The van der Waals surface area contributed by atoms with E-state index in [1.807, 2.05) is 54.6 Å². The minimum Gasteiger partial charge on any atom is -0.322 e. The molecule has 0 saturated heterocycles. The molecule has 0 bridgehead atoms. The monoisotopic (exact) mass is 360 g/mol. The molecular formula is C20H16N4OS. The highest BCUT2D eigenvalue weighted by atomic mass is 32.2. The van der Waals surface area contributed by atoms with Crippen LogP contribution in [0.3, 0.4) is 0 Å². The van der Waals surface area contributed by atoms with Crippen molar-refractivity contribution in [3.63, 3.8) is 0 Å². The van der Waals surface area contributed by atoms with Crippen LogP contribution in [-0.4, -0.2) is 21.1 Å². The third kappa shape index (κ3) is 3.60. The molecule has 0 aliphatic carbocycles. The molecule has 2 N–H and O–H groups in total. The normalized spacial score (nSPS) is 10.8. The Kier molecular flexibility index (Phi) is 4.66. The first kappa shape index (κ1) is 16.4. The number of rotatable bonds is 5. The van der Waals surface area contributed by atoms with Gasteiger partial charge in [0.1, 0.15) is 0 Å². The molecule has 2 heterocycles. The number of H-pyrrole nitrogens is 1. The van der Waals surface area contributed by atoms with Gasteiger partial charge in [0.05, 0.1) is 17.3 Å². The van der Waals surface area contributed by atoms with Crippen LogP contribution in [0, 0.1) is 0 Å². The van der Waals surface area contributed by atoms with Crippen molar-refractivity contribution in [1.29, 1.82) is 0 Å². The quantitative estimate of drug-likeness (QED) is 0.514. The smallest absolute Gasteiger partial charge is 0.256 e. The van der Waals surface area contributed by atoms with E-state index >= 15 is 0 Å². The highest BCUT2D eigenvalue weighted by molar-refractivity contribution is 7.98. The van der Waals surface area contributed by atoms with Gasteiger partial charge in [0.25, 0.3) is 5.91 Å². The molecule has 0 aliphatic heterocycles. The highest BCUT2D eigenvalue weighted by Gasteiger charge is 2.12. The van der Waals surface area contributed by atoms with Gasteiger partial charge in [-0.2, -0.15) is 5.10 Å². The zero-order valence-corrected chi connectivity index (χ0v) is 14.7. The van der Waals surface area contributed by atoms with Gasteiger partial charge in [-0.25, -0.2) is 0 Å². The summed E-state index contributed by atoms with van der Waals surface area (Å²) in [5.74, 6) is 0.666. The van der Waals surface area contributed by atoms with E-state index < -0.39 is 0 Å². The second-order valence-electron chi connectivity index (χ2n) is 5.77. The number of aromatic amines is 1. The van der Waals surface area contributed by atoms with Gasteiger partial charge in [0, 0.05) is 34.1 Å². The second-order valence-corrected chi connectivity index (χ2v) is 6.78. The highest BCUT2D eigenvalue weighted by Crippen LogP contribution is 2.27. The summed E-state index contributed by atoms with van der Waals surface area (Å²) in [7, 11) is 0. The van der Waals surface area contributed by atoms with Crippen molar-refractivity contribution in [3.8, 4) is 0 Å². The number of hydrogen-bond acceptors (Lipinski definition) is 4. The minimum absolute atomic E-state index is 0.120. The average molecular weight is 360 g/mol. The summed E-state index contributed by atoms with van der Waals surface area (Å²) in [6, 6.07) is 17.3. The van der Waals surface area contributed by atoms with E-state index in [0.717, 1.165) is 27.2 Å². The number of nitrogens with one attached hydrogen (secondary N) is 2. The Balaban J connectivity index is 1.52. The molecule has 26 heavy (non-hydrogen) atoms. The van der Waals surface area contributed by atoms with E-state index in [1.165, 1.54) is 5.56 Å². The molecule has 128 valence electrons. The molecule has 0 atom stereocenters. The summed E-state index contributed by atoms with van der Waals surface area (Å²) in [6.07, 6.45) is 5.30. The Morgan fingerprint density at radius 1 is 1.08 bits per heavy atom. The van der Waals surface area contributed by atoms with Crippen LogP contribution in [0.2, 0.25) is 0 Å². The standard InChI is InChI=1S/C20H16N4OS/c25-20(23-16-5-6-18-15(11-16)12-22-24-18)17-3-1-2-4-19(17)26-13-14-7-9-21-10-8-14/h1-12H,13H2,(H,22,24)(H,23,25). The molecule has 4 rings (SSSR count). The Labute approximate surface area is 154 Å². The van der Waals surface area contributed by atoms with Crippen molar-refractivity contribution in [2.45, 2.75) is 10.6 Å². The van der Waals surface area contributed by atoms with Gasteiger partial charge in [-0.1, -0.05) is 12.1 Å². The molecule has 6 heteroatoms. The first-order chi connectivity index (χ1) is 12.8. The predicted octanol–water partition coefficient (Wildman–Crippen LogP) is 4.50. The fourth-order valence-electron chi connectivity index (χ4n) is 2.64. The van der Waals surface area contributed by atoms with Crippen LogP contribution in [-0.2, 0) is 5.75 Å². The van der Waals surface area contributed by atoms with Crippen LogP contribution < -0.4 is 5.32 Å². The molecule has 0 saturated carbocycles. The molecule has 1 amide bonds. The third-order valence-electron chi connectivity index (χ3n) is 3.97. The third-order valence-corrected chi connectivity index (χ3v) is 5.12. The van der Waals surface area contributed by atoms with E-state index in [0.29, 0.717) is 5.56 Å². The van der Waals surface area contributed by atoms with Gasteiger partial charge in [-0.3, -0.25) is 14.9 Å². The van der Waals surface area contributed by atoms with Crippen LogP contribution in [0.5, 0.6) is 0 Å². The van der Waals surface area contributed by atoms with Gasteiger partial charge < -0.3 is 5.32 Å². The van der Waals surface area contributed by atoms with Crippen molar-refractivity contribution >= 4 is 34.3 Å². The van der Waals surface area contributed by atoms with E-state index in [-0.39, 0.29) is 5.91 Å². The zero-order valence-electron chi connectivity index (χ0n) is 13.8. The number of fused-ring (bicyclic) bond motifs is 1. The fourth-order valence-corrected chi connectivity index (χ4v) is 3.64. The Morgan fingerprint density at radius 3 is 2.81 bits per heavy atom. The van der Waals surface area contributed by atoms with Crippen LogP contribution >= 0.6 is 11.8 Å². The van der Waals surface area contributed by atoms with Crippen LogP contribution in [0.25, 0.3) is 10.9 Å². The molecule has 2 aromatic heterocycles. The molecule has 0 aliphatic rings. The Hall–Kier alpha value is -3.12. The Morgan fingerprint density at radius 2 is 1.92 bits per heavy atom. The van der Waals surface area contributed by atoms with Crippen molar-refractivity contribution in [2.75, 3.05) is 5.32 Å². The number of pyridine rings is 1. The van der Waals surface area contributed by atoms with Crippen LogP contribution in [0.1, 0.15) is 15.9 Å². The zero-order chi connectivity index (χ0) is 17.8. The minimum atomic E-state index is -0.120. The lowest BCUT2D eigenvalue weighted by molar-refractivity contribution is 0.102. The summed E-state index contributed by atoms with van der Waals surface area (Å²) in [5.41, 5.74) is 3.53. The Bertz CT molecular complexity index is 1050. The molecule has 0 fully saturated rings. The van der Waals surface area contributed by atoms with Gasteiger partial charge in [0.2, 0.25) is 0 Å². The number of carbonyl (C=O) groups excluding carboxylic acids is 1. The van der Waals surface area contributed by atoms with Gasteiger partial charge >= 0.3 is 0 Å². The van der Waals surface area contributed by atoms with Crippen LogP contribution in [0.4, 0.5) is 5.69 Å². The maximum absolute atomic E-state index is 12.8. The molecular weight excluding hydrogens is 344 g/mol. The van der Waals surface area contributed by atoms with Crippen molar-refractivity contribution in [2.24, 2.45) is 0 Å². The molecule has 0 spiro atoms. The maximum atomic E-state index is 12.8. The molecule has 0 radical (unpaired) electrons. The number of hydrogen-bond donors (Lipinski definition) is 2. The van der Waals surface area contributed by atoms with E-state index in [4.69, 9.17) is 0 Å². The number of nitrogens with zero attached hydrogens (tertiary/aromatic N) is 2. The lowest BCUT2D eigenvalue weighted by atomic mass is 10.2. The SMILES string of the molecule is O=C(Nc1ccc2[nH]ncc2c1)c1ccccc1SCc1ccncc1. The van der Waals surface area contributed by atoms with Gasteiger partial charge in [0.15, 0.2) is 0 Å². The summed E-state index contributed by atoms with van der Waals surface area (Å²) >= 11 is 1.64. The summed E-state index contributed by atoms with van der Waals surface area (Å²) in [6.45, 7) is 0. The van der Waals surface area contributed by atoms with Crippen LogP contribution in [0.15, 0.2) is 78.1 Å². The predicted molar refractivity (Wildman–Crippen MR) is 104 cm³/mol.